The molecule has 0 spiro atoms. The molecule has 2 heterocycles. The van der Waals surface area contributed by atoms with E-state index in [1.165, 1.54) is 0 Å². The lowest BCUT2D eigenvalue weighted by atomic mass is 9.96. The Morgan fingerprint density at radius 3 is 2.65 bits per heavy atom. The molecule has 1 aromatic heterocycles. The Labute approximate surface area is 181 Å². The molecule has 0 fully saturated rings. The zero-order valence-corrected chi connectivity index (χ0v) is 18.4. The average molecular weight is 425 g/mol. The number of anilines is 1. The number of amides is 1. The van der Waals surface area contributed by atoms with Crippen LogP contribution >= 0.6 is 0 Å². The first-order valence-electron chi connectivity index (χ1n) is 10.1. The third-order valence-corrected chi connectivity index (χ3v) is 4.51. The average Bonchev–Trinajstić information content (AvgIpc) is 3.12. The van der Waals surface area contributed by atoms with E-state index in [4.69, 9.17) is 9.26 Å². The van der Waals surface area contributed by atoms with E-state index in [-0.39, 0.29) is 42.2 Å². The number of hydrogen-bond donors (Lipinski definition) is 2. The van der Waals surface area contributed by atoms with Crippen LogP contribution in [0.3, 0.4) is 0 Å². The first kappa shape index (κ1) is 22.2. The molecule has 3 rings (SSSR count). The molecule has 1 amide bonds. The van der Waals surface area contributed by atoms with Crippen LogP contribution in [0.2, 0.25) is 0 Å². The molecule has 0 unspecified atom stereocenters. The molecule has 0 bridgehead atoms. The Bertz CT molecular complexity index is 1050. The summed E-state index contributed by atoms with van der Waals surface area (Å²) >= 11 is 0. The summed E-state index contributed by atoms with van der Waals surface area (Å²) in [6, 6.07) is 7.33. The summed E-state index contributed by atoms with van der Waals surface area (Å²) in [6.45, 7) is 9.61. The van der Waals surface area contributed by atoms with E-state index in [2.05, 4.69) is 25.8 Å². The predicted molar refractivity (Wildman–Crippen MR) is 116 cm³/mol. The normalized spacial score (nSPS) is 13.6. The van der Waals surface area contributed by atoms with Gasteiger partial charge in [-0.15, -0.1) is 0 Å². The number of benzene rings is 1. The maximum absolute atomic E-state index is 12.7. The molecule has 1 aliphatic rings. The first-order chi connectivity index (χ1) is 14.7. The van der Waals surface area contributed by atoms with E-state index in [9.17, 15) is 9.59 Å². The Morgan fingerprint density at radius 2 is 1.97 bits per heavy atom. The maximum Gasteiger partial charge on any atom is 0.343 e. The minimum Gasteiger partial charge on any atom is -0.462 e. The number of nitrogens with zero attached hydrogens (tertiary/aromatic N) is 3. The van der Waals surface area contributed by atoms with Gasteiger partial charge in [-0.3, -0.25) is 4.79 Å². The van der Waals surface area contributed by atoms with Gasteiger partial charge in [-0.1, -0.05) is 38.1 Å². The molecule has 0 saturated carbocycles. The van der Waals surface area contributed by atoms with Gasteiger partial charge >= 0.3 is 5.97 Å². The fraction of sp³-hybridized carbons (Fsp3) is 0.409. The molecule has 0 saturated heterocycles. The number of carbonyl (C=O) groups excluding carboxylic acids is 2. The first-order valence-corrected chi connectivity index (χ1v) is 10.1. The quantitative estimate of drug-likeness (QED) is 0.705. The second-order valence-corrected chi connectivity index (χ2v) is 8.13. The van der Waals surface area contributed by atoms with Crippen LogP contribution in [-0.4, -0.2) is 34.5 Å². The topological polar surface area (TPSA) is 119 Å². The van der Waals surface area contributed by atoms with Gasteiger partial charge in [0.05, 0.1) is 18.0 Å². The van der Waals surface area contributed by atoms with Crippen molar-refractivity contribution in [1.29, 1.82) is 0 Å². The second kappa shape index (κ2) is 9.11. The molecule has 1 aromatic carbocycles. The Balaban J connectivity index is 1.79. The summed E-state index contributed by atoms with van der Waals surface area (Å²) < 4.78 is 10.4. The van der Waals surface area contributed by atoms with Crippen LogP contribution in [0.5, 0.6) is 0 Å². The number of ether oxygens (including phenoxy) is 1. The van der Waals surface area contributed by atoms with Gasteiger partial charge in [-0.05, 0) is 26.0 Å². The number of aliphatic imine (C=N–C) groups is 1. The van der Waals surface area contributed by atoms with E-state index in [0.29, 0.717) is 23.1 Å². The van der Waals surface area contributed by atoms with Crippen molar-refractivity contribution in [2.24, 2.45) is 4.99 Å². The summed E-state index contributed by atoms with van der Waals surface area (Å²) in [6.07, 6.45) is 0.365. The number of amidine groups is 1. The van der Waals surface area contributed by atoms with Crippen molar-refractivity contribution in [3.8, 4) is 0 Å². The predicted octanol–water partition coefficient (Wildman–Crippen LogP) is 3.41. The molecule has 2 N–H and O–H groups in total. The molecule has 9 heteroatoms. The fourth-order valence-corrected chi connectivity index (χ4v) is 2.91. The number of fused-ring (bicyclic) bond motifs is 1. The lowest BCUT2D eigenvalue weighted by Gasteiger charge is -2.13. The highest BCUT2D eigenvalue weighted by Crippen LogP contribution is 2.30. The van der Waals surface area contributed by atoms with Crippen molar-refractivity contribution in [3.05, 3.63) is 47.3 Å². The summed E-state index contributed by atoms with van der Waals surface area (Å²) in [4.78, 5) is 34.1. The molecule has 2 aromatic rings. The Hall–Kier alpha value is -3.49. The summed E-state index contributed by atoms with van der Waals surface area (Å²) in [5.41, 5.74) is 1.80. The molecular formula is C22H27N5O4. The van der Waals surface area contributed by atoms with E-state index in [1.54, 1.807) is 19.9 Å². The van der Waals surface area contributed by atoms with Crippen LogP contribution in [0.1, 0.15) is 52.8 Å². The molecule has 1 aliphatic heterocycles. The van der Waals surface area contributed by atoms with E-state index < -0.39 is 5.97 Å². The molecule has 164 valence electrons. The number of carbonyl (C=O) groups is 2. The lowest BCUT2D eigenvalue weighted by molar-refractivity contribution is -0.137. The number of para-hydroxylation sites is 2. The molecule has 0 aliphatic carbocycles. The van der Waals surface area contributed by atoms with Gasteiger partial charge < -0.3 is 19.9 Å². The van der Waals surface area contributed by atoms with Crippen LogP contribution < -0.4 is 10.6 Å². The summed E-state index contributed by atoms with van der Waals surface area (Å²) in [5.74, 6) is 0.211. The number of aryl methyl sites for hydroxylation is 1. The van der Waals surface area contributed by atoms with Crippen LogP contribution in [0, 0.1) is 0 Å². The van der Waals surface area contributed by atoms with Crippen molar-refractivity contribution in [1.82, 2.24) is 15.5 Å². The number of hydrogen-bond acceptors (Lipinski definition) is 8. The highest BCUT2D eigenvalue weighted by Gasteiger charge is 2.26. The number of rotatable bonds is 5. The summed E-state index contributed by atoms with van der Waals surface area (Å²) in [5, 5.41) is 9.88. The van der Waals surface area contributed by atoms with Crippen LogP contribution in [0.15, 0.2) is 45.1 Å². The van der Waals surface area contributed by atoms with E-state index in [1.807, 2.05) is 39.0 Å². The zero-order valence-electron chi connectivity index (χ0n) is 18.4. The maximum atomic E-state index is 12.7. The SMILES string of the molecule is CCOC(=O)C1=C(C)Nc2ccccc2N=C1NC(=O)CCc1nc(C(C)(C)C)no1. The minimum atomic E-state index is -0.564. The fourth-order valence-electron chi connectivity index (χ4n) is 2.91. The number of allylic oxidation sites excluding steroid dienone is 1. The van der Waals surface area contributed by atoms with Gasteiger partial charge in [-0.25, -0.2) is 9.79 Å². The van der Waals surface area contributed by atoms with Gasteiger partial charge in [-0.2, -0.15) is 4.98 Å². The van der Waals surface area contributed by atoms with Crippen molar-refractivity contribution < 1.29 is 18.8 Å². The summed E-state index contributed by atoms with van der Waals surface area (Å²) in [7, 11) is 0. The van der Waals surface area contributed by atoms with Crippen LogP contribution in [0.4, 0.5) is 11.4 Å². The smallest absolute Gasteiger partial charge is 0.343 e. The number of nitrogens with one attached hydrogen (secondary N) is 2. The standard InChI is InChI=1S/C22H27N5O4/c1-6-30-20(29)18-13(2)23-14-9-7-8-10-15(14)24-19(18)25-16(28)11-12-17-26-21(27-31-17)22(3,4)5/h7-10,23H,6,11-12H2,1-5H3,(H,24,25,28). The van der Waals surface area contributed by atoms with E-state index >= 15 is 0 Å². The monoisotopic (exact) mass is 425 g/mol. The Morgan fingerprint density at radius 1 is 1.23 bits per heavy atom. The van der Waals surface area contributed by atoms with Crippen LogP contribution in [-0.2, 0) is 26.2 Å². The molecule has 0 radical (unpaired) electrons. The lowest BCUT2D eigenvalue weighted by Crippen LogP contribution is -2.35. The highest BCUT2D eigenvalue weighted by atomic mass is 16.5. The molecule has 0 atom stereocenters. The van der Waals surface area contributed by atoms with Gasteiger partial charge in [0.25, 0.3) is 0 Å². The third-order valence-electron chi connectivity index (χ3n) is 4.51. The van der Waals surface area contributed by atoms with E-state index in [0.717, 1.165) is 5.69 Å². The second-order valence-electron chi connectivity index (χ2n) is 8.13. The van der Waals surface area contributed by atoms with Crippen LogP contribution in [0.25, 0.3) is 0 Å². The van der Waals surface area contributed by atoms with Gasteiger partial charge in [0, 0.05) is 24.0 Å². The molecule has 9 nitrogen and oxygen atoms in total. The number of esters is 1. The van der Waals surface area contributed by atoms with Crippen molar-refractivity contribution in [2.75, 3.05) is 11.9 Å². The highest BCUT2D eigenvalue weighted by molar-refractivity contribution is 6.24. The molecular weight excluding hydrogens is 398 g/mol. The number of aromatic nitrogens is 2. The van der Waals surface area contributed by atoms with Crippen molar-refractivity contribution >= 4 is 29.1 Å². The Kier molecular flexibility index (Phi) is 6.53. The van der Waals surface area contributed by atoms with Gasteiger partial charge in [0.1, 0.15) is 11.4 Å². The van der Waals surface area contributed by atoms with Gasteiger partial charge in [0.15, 0.2) is 5.82 Å². The van der Waals surface area contributed by atoms with Gasteiger partial charge in [0.2, 0.25) is 11.8 Å². The zero-order chi connectivity index (χ0) is 22.6. The van der Waals surface area contributed by atoms with Crippen molar-refractivity contribution in [2.45, 2.75) is 52.9 Å². The van der Waals surface area contributed by atoms with Crippen molar-refractivity contribution in [3.63, 3.8) is 0 Å². The molecule has 31 heavy (non-hydrogen) atoms. The largest absolute Gasteiger partial charge is 0.462 e. The third kappa shape index (κ3) is 5.36. The minimum absolute atomic E-state index is 0.0923.